The van der Waals surface area contributed by atoms with Gasteiger partial charge in [0, 0.05) is 45.5 Å². The molecule has 1 aromatic carbocycles. The number of aliphatic hydroxyl groups is 1. The van der Waals surface area contributed by atoms with Gasteiger partial charge in [0.2, 0.25) is 0 Å². The van der Waals surface area contributed by atoms with Crippen LogP contribution in [0.2, 0.25) is 0 Å². The molecular weight excluding hydrogens is 456 g/mol. The molecule has 0 bridgehead atoms. The normalized spacial score (nSPS) is 20.5. The smallest absolute Gasteiger partial charge is 0.320 e. The number of aromatic nitrogens is 1. The first-order valence-corrected chi connectivity index (χ1v) is 11.9. The monoisotopic (exact) mass is 485 g/mol. The van der Waals surface area contributed by atoms with Crippen molar-refractivity contribution in [2.24, 2.45) is 0 Å². The van der Waals surface area contributed by atoms with E-state index in [2.05, 4.69) is 28.1 Å². The van der Waals surface area contributed by atoms with Gasteiger partial charge >= 0.3 is 6.03 Å². The fourth-order valence-electron chi connectivity index (χ4n) is 4.95. The zero-order chi connectivity index (χ0) is 24.6. The average molecular weight is 486 g/mol. The third kappa shape index (κ3) is 5.28. The highest BCUT2D eigenvalue weighted by molar-refractivity contribution is 5.94. The lowest BCUT2D eigenvalue weighted by atomic mass is 10.00. The molecule has 1 N–H and O–H groups in total. The molecule has 1 aromatic heterocycles. The number of benzene rings is 1. The highest BCUT2D eigenvalue weighted by Gasteiger charge is 2.46. The molecule has 0 saturated carbocycles. The van der Waals surface area contributed by atoms with Crippen LogP contribution in [0.25, 0.3) is 0 Å². The van der Waals surface area contributed by atoms with Crippen LogP contribution in [0.5, 0.6) is 0 Å². The van der Waals surface area contributed by atoms with Crippen molar-refractivity contribution in [2.75, 3.05) is 45.8 Å². The van der Waals surface area contributed by atoms with Crippen molar-refractivity contribution in [1.82, 2.24) is 24.6 Å². The van der Waals surface area contributed by atoms with Crippen molar-refractivity contribution in [3.63, 3.8) is 0 Å². The third-order valence-corrected chi connectivity index (χ3v) is 6.85. The Morgan fingerprint density at radius 2 is 1.77 bits per heavy atom. The molecule has 3 aliphatic heterocycles. The van der Waals surface area contributed by atoms with Gasteiger partial charge in [-0.25, -0.2) is 13.6 Å². The first kappa shape index (κ1) is 23.6. The van der Waals surface area contributed by atoms with Crippen molar-refractivity contribution in [2.45, 2.75) is 31.5 Å². The van der Waals surface area contributed by atoms with Crippen LogP contribution in [0, 0.1) is 0 Å². The van der Waals surface area contributed by atoms with E-state index in [4.69, 9.17) is 0 Å². The van der Waals surface area contributed by atoms with Crippen molar-refractivity contribution in [1.29, 1.82) is 0 Å². The maximum Gasteiger partial charge on any atom is 0.320 e. The largest absolute Gasteiger partial charge is 0.390 e. The van der Waals surface area contributed by atoms with Gasteiger partial charge in [-0.15, -0.1) is 0 Å². The van der Waals surface area contributed by atoms with Crippen LogP contribution >= 0.6 is 0 Å². The van der Waals surface area contributed by atoms with Gasteiger partial charge in [0.1, 0.15) is 0 Å². The summed E-state index contributed by atoms with van der Waals surface area (Å²) in [6, 6.07) is 11.4. The third-order valence-electron chi connectivity index (χ3n) is 6.85. The summed E-state index contributed by atoms with van der Waals surface area (Å²) in [6.07, 6.45) is 1.69. The molecular formula is C25H29F2N5O3. The predicted molar refractivity (Wildman–Crippen MR) is 124 cm³/mol. The quantitative estimate of drug-likeness (QED) is 0.648. The molecule has 1 atom stereocenters. The molecule has 35 heavy (non-hydrogen) atoms. The van der Waals surface area contributed by atoms with Crippen LogP contribution in [0.1, 0.15) is 27.2 Å². The van der Waals surface area contributed by atoms with E-state index in [-0.39, 0.29) is 24.7 Å². The fraction of sp³-hybridized carbons (Fsp3) is 0.480. The average Bonchev–Trinajstić information content (AvgIpc) is 3.16. The number of nitrogens with zero attached hydrogens (tertiary/aromatic N) is 5. The lowest BCUT2D eigenvalue weighted by molar-refractivity contribution is -0.113. The number of urea groups is 1. The van der Waals surface area contributed by atoms with Gasteiger partial charge in [-0.05, 0) is 29.7 Å². The minimum atomic E-state index is -2.81. The summed E-state index contributed by atoms with van der Waals surface area (Å²) >= 11 is 0. The maximum absolute atomic E-state index is 13.0. The summed E-state index contributed by atoms with van der Waals surface area (Å²) in [5, 5.41) is 10.6. The van der Waals surface area contributed by atoms with E-state index in [0.29, 0.717) is 25.3 Å². The van der Waals surface area contributed by atoms with E-state index < -0.39 is 31.0 Å². The summed E-state index contributed by atoms with van der Waals surface area (Å²) in [5.74, 6) is -3.28. The molecule has 0 aliphatic carbocycles. The number of carbonyl (C=O) groups is 2. The highest BCUT2D eigenvalue weighted by Crippen LogP contribution is 2.28. The number of alkyl halides is 2. The number of β-amino-alcohol motifs (C(OH)–C–C–N with tert-alkyl or cyclic N) is 1. The lowest BCUT2D eigenvalue weighted by Gasteiger charge is -2.38. The lowest BCUT2D eigenvalue weighted by Crippen LogP contribution is -2.58. The van der Waals surface area contributed by atoms with Gasteiger partial charge in [-0.3, -0.25) is 14.7 Å². The molecule has 10 heteroatoms. The van der Waals surface area contributed by atoms with Crippen LogP contribution in [-0.2, 0) is 19.5 Å². The summed E-state index contributed by atoms with van der Waals surface area (Å²) in [5.41, 5.74) is 3.51. The maximum atomic E-state index is 13.0. The number of hydrogen-bond acceptors (Lipinski definition) is 5. The summed E-state index contributed by atoms with van der Waals surface area (Å²) < 4.78 is 26.0. The van der Waals surface area contributed by atoms with E-state index in [0.717, 1.165) is 24.4 Å². The van der Waals surface area contributed by atoms with E-state index in [1.807, 2.05) is 6.07 Å². The van der Waals surface area contributed by atoms with E-state index in [1.54, 1.807) is 21.9 Å². The van der Waals surface area contributed by atoms with Crippen LogP contribution < -0.4 is 0 Å². The number of aliphatic hydroxyl groups excluding tert-OH is 1. The Morgan fingerprint density at radius 3 is 2.49 bits per heavy atom. The zero-order valence-corrected chi connectivity index (χ0v) is 19.4. The predicted octanol–water partition coefficient (Wildman–Crippen LogP) is 1.83. The Balaban J connectivity index is 1.09. The zero-order valence-electron chi connectivity index (χ0n) is 19.4. The molecule has 0 spiro atoms. The molecule has 0 radical (unpaired) electrons. The second-order valence-electron chi connectivity index (χ2n) is 9.61. The van der Waals surface area contributed by atoms with Gasteiger partial charge in [-0.2, -0.15) is 0 Å². The molecule has 4 heterocycles. The molecule has 8 nitrogen and oxygen atoms in total. The van der Waals surface area contributed by atoms with Crippen LogP contribution in [0.15, 0.2) is 42.6 Å². The first-order chi connectivity index (χ1) is 16.8. The molecule has 2 saturated heterocycles. The Bertz CT molecular complexity index is 1090. The Hall–Kier alpha value is -3.11. The Morgan fingerprint density at radius 1 is 1.03 bits per heavy atom. The second-order valence-corrected chi connectivity index (χ2v) is 9.61. The van der Waals surface area contributed by atoms with Crippen LogP contribution in [0.3, 0.4) is 0 Å². The van der Waals surface area contributed by atoms with E-state index >= 15 is 0 Å². The van der Waals surface area contributed by atoms with Crippen molar-refractivity contribution in [3.05, 3.63) is 65.0 Å². The second kappa shape index (κ2) is 9.50. The van der Waals surface area contributed by atoms with Gasteiger partial charge in [0.25, 0.3) is 11.8 Å². The van der Waals surface area contributed by atoms with Crippen LogP contribution in [0.4, 0.5) is 13.6 Å². The number of hydrogen-bond donors (Lipinski definition) is 1. The number of amides is 3. The molecule has 5 rings (SSSR count). The number of halogens is 2. The number of carbonyl (C=O) groups excluding carboxylic acids is 2. The number of pyridine rings is 1. The SMILES string of the molecule is O=C(c1ccc(CN2CCN(C[C@H](O)CN3CCc4ccccc4C3)C2=O)nc1)N1CC(F)(F)C1. The van der Waals surface area contributed by atoms with Crippen molar-refractivity contribution >= 4 is 11.9 Å². The van der Waals surface area contributed by atoms with Crippen molar-refractivity contribution < 1.29 is 23.5 Å². The van der Waals surface area contributed by atoms with Gasteiger partial charge in [0.05, 0.1) is 37.0 Å². The van der Waals surface area contributed by atoms with E-state index in [1.165, 1.54) is 17.3 Å². The minimum Gasteiger partial charge on any atom is -0.390 e. The van der Waals surface area contributed by atoms with E-state index in [9.17, 15) is 23.5 Å². The summed E-state index contributed by atoms with van der Waals surface area (Å²) in [6.45, 7) is 2.67. The van der Waals surface area contributed by atoms with Gasteiger partial charge < -0.3 is 19.8 Å². The molecule has 186 valence electrons. The fourth-order valence-corrected chi connectivity index (χ4v) is 4.95. The first-order valence-electron chi connectivity index (χ1n) is 11.9. The summed E-state index contributed by atoms with van der Waals surface area (Å²) in [7, 11) is 0. The van der Waals surface area contributed by atoms with Crippen molar-refractivity contribution in [3.8, 4) is 0 Å². The number of likely N-dealkylation sites (tertiary alicyclic amines) is 1. The molecule has 2 aromatic rings. The Kier molecular flexibility index (Phi) is 6.41. The molecule has 0 unspecified atom stereocenters. The Labute approximate surface area is 202 Å². The number of fused-ring (bicyclic) bond motifs is 1. The van der Waals surface area contributed by atoms with Gasteiger partial charge in [0.15, 0.2) is 0 Å². The van der Waals surface area contributed by atoms with Gasteiger partial charge in [-0.1, -0.05) is 24.3 Å². The highest BCUT2D eigenvalue weighted by atomic mass is 19.3. The topological polar surface area (TPSA) is 80.2 Å². The minimum absolute atomic E-state index is 0.155. The standard InChI is InChI=1S/C25H29F2N5O3/c26-25(27)16-32(17-25)23(34)19-5-6-21(28-11-19)13-30-9-10-31(24(30)35)15-22(33)14-29-8-7-18-3-1-2-4-20(18)12-29/h1-6,11,22,33H,7-10,12-17H2/t22-/m1/s1. The molecule has 2 fully saturated rings. The molecule has 3 amide bonds. The molecule has 3 aliphatic rings. The van der Waals surface area contributed by atoms with Crippen LogP contribution in [-0.4, -0.2) is 99.5 Å². The number of rotatable bonds is 7. The summed E-state index contributed by atoms with van der Waals surface area (Å²) in [4.78, 5) is 35.9.